The molecule has 0 saturated carbocycles. The van der Waals surface area contributed by atoms with Gasteiger partial charge in [-0.1, -0.05) is 18.5 Å². The van der Waals surface area contributed by atoms with Crippen molar-refractivity contribution in [3.05, 3.63) is 93.5 Å². The molecule has 41 heavy (non-hydrogen) atoms. The molecule has 12 heteroatoms. The molecule has 1 amide bonds. The number of carbonyl (C=O) groups is 1. The highest BCUT2D eigenvalue weighted by Gasteiger charge is 2.36. The van der Waals surface area contributed by atoms with Gasteiger partial charge in [-0.2, -0.15) is 13.2 Å². The number of fused-ring (bicyclic) bond motifs is 4. The minimum Gasteiger partial charge on any atom is -0.349 e. The van der Waals surface area contributed by atoms with Gasteiger partial charge in [-0.25, -0.2) is 8.78 Å². The van der Waals surface area contributed by atoms with E-state index in [0.29, 0.717) is 28.7 Å². The minimum atomic E-state index is -4.90. The van der Waals surface area contributed by atoms with E-state index >= 15 is 4.39 Å². The Labute approximate surface area is 236 Å². The lowest BCUT2D eigenvalue weighted by atomic mass is 9.95. The molecule has 1 N–H and O–H groups in total. The molecule has 5 rings (SSSR count). The third-order valence-corrected chi connectivity index (χ3v) is 7.66. The van der Waals surface area contributed by atoms with Crippen LogP contribution >= 0.6 is 11.6 Å². The smallest absolute Gasteiger partial charge is 0.349 e. The lowest BCUT2D eigenvalue weighted by Gasteiger charge is -2.24. The first-order valence-corrected chi connectivity index (χ1v) is 13.1. The van der Waals surface area contributed by atoms with Gasteiger partial charge in [0.15, 0.2) is 0 Å². The maximum absolute atomic E-state index is 15.2. The molecule has 2 bridgehead atoms. The van der Waals surface area contributed by atoms with Gasteiger partial charge < -0.3 is 14.5 Å². The first kappa shape index (κ1) is 28.5. The number of hydrogen-bond donors (Lipinski definition) is 1. The first-order valence-electron chi connectivity index (χ1n) is 12.7. The fourth-order valence-corrected chi connectivity index (χ4v) is 5.30. The molecule has 1 unspecified atom stereocenters. The fourth-order valence-electron chi connectivity index (χ4n) is 5.15. The number of aryl methyl sites for hydroxylation is 1. The summed E-state index contributed by atoms with van der Waals surface area (Å²) in [5, 5.41) is 2.27. The van der Waals surface area contributed by atoms with Crippen molar-refractivity contribution < 1.29 is 26.7 Å². The van der Waals surface area contributed by atoms with Gasteiger partial charge in [-0.3, -0.25) is 14.6 Å². The van der Waals surface area contributed by atoms with E-state index in [2.05, 4.69) is 10.3 Å². The van der Waals surface area contributed by atoms with E-state index < -0.39 is 57.7 Å². The Morgan fingerprint density at radius 1 is 1.02 bits per heavy atom. The van der Waals surface area contributed by atoms with Gasteiger partial charge in [0.1, 0.15) is 12.0 Å². The van der Waals surface area contributed by atoms with E-state index in [4.69, 9.17) is 11.6 Å². The van der Waals surface area contributed by atoms with Crippen LogP contribution in [0.25, 0.3) is 22.4 Å². The number of carbonyl (C=O) groups excluding carboxylic acids is 1. The van der Waals surface area contributed by atoms with E-state index in [9.17, 15) is 27.2 Å². The normalized spacial score (nSPS) is 19.6. The second-order valence-corrected chi connectivity index (χ2v) is 10.4. The van der Waals surface area contributed by atoms with Crippen LogP contribution in [0, 0.1) is 11.7 Å². The van der Waals surface area contributed by atoms with Crippen LogP contribution < -0.4 is 10.9 Å². The topological polar surface area (TPSA) is 68.9 Å². The molecule has 4 aromatic rings. The van der Waals surface area contributed by atoms with Gasteiger partial charge in [0, 0.05) is 42.8 Å². The number of pyridine rings is 2. The van der Waals surface area contributed by atoms with Crippen LogP contribution in [-0.4, -0.2) is 26.2 Å². The second-order valence-electron chi connectivity index (χ2n) is 9.99. The third kappa shape index (κ3) is 5.38. The number of aromatic nitrogens is 3. The number of anilines is 1. The van der Waals surface area contributed by atoms with Crippen LogP contribution in [-0.2, 0) is 18.0 Å². The molecule has 3 aromatic heterocycles. The van der Waals surface area contributed by atoms with E-state index in [1.807, 2.05) is 0 Å². The lowest BCUT2D eigenvalue weighted by molar-refractivity contribution is -0.137. The summed E-state index contributed by atoms with van der Waals surface area (Å²) in [5.41, 5.74) is -0.972. The van der Waals surface area contributed by atoms with Crippen LogP contribution in [0.4, 0.5) is 27.6 Å². The molecule has 4 heterocycles. The molecule has 0 spiro atoms. The molecule has 0 fully saturated rings. The van der Waals surface area contributed by atoms with E-state index in [0.717, 1.165) is 12.1 Å². The maximum atomic E-state index is 15.2. The largest absolute Gasteiger partial charge is 0.417 e. The van der Waals surface area contributed by atoms with Gasteiger partial charge in [0.25, 0.3) is 5.56 Å². The highest BCUT2D eigenvalue weighted by molar-refractivity contribution is 6.31. The number of benzene rings is 1. The molecular formula is C29H24ClF5N4O2. The maximum Gasteiger partial charge on any atom is 0.417 e. The molecule has 1 aliphatic heterocycles. The third-order valence-electron chi connectivity index (χ3n) is 7.37. The summed E-state index contributed by atoms with van der Waals surface area (Å²) in [7, 11) is 1.78. The van der Waals surface area contributed by atoms with Crippen molar-refractivity contribution in [2.24, 2.45) is 13.0 Å². The minimum absolute atomic E-state index is 0.0494. The van der Waals surface area contributed by atoms with Gasteiger partial charge in [-0.05, 0) is 54.8 Å². The number of halogens is 6. The molecule has 0 aliphatic carbocycles. The summed E-state index contributed by atoms with van der Waals surface area (Å²) < 4.78 is 74.2. The van der Waals surface area contributed by atoms with Gasteiger partial charge in [0.05, 0.1) is 39.6 Å². The number of hydrogen-bond acceptors (Lipinski definition) is 3. The van der Waals surface area contributed by atoms with Crippen molar-refractivity contribution in [1.29, 1.82) is 0 Å². The summed E-state index contributed by atoms with van der Waals surface area (Å²) in [6, 6.07) is 7.85. The van der Waals surface area contributed by atoms with Crippen molar-refractivity contribution in [2.45, 2.75) is 38.2 Å². The zero-order valence-electron chi connectivity index (χ0n) is 21.8. The Bertz CT molecular complexity index is 1700. The Balaban J connectivity index is 1.65. The van der Waals surface area contributed by atoms with Crippen LogP contribution in [0.2, 0.25) is 5.02 Å². The summed E-state index contributed by atoms with van der Waals surface area (Å²) in [4.78, 5) is 30.6. The molecular weight excluding hydrogens is 567 g/mol. The fraction of sp³-hybridized carbons (Fsp3) is 0.276. The quantitative estimate of drug-likeness (QED) is 0.255. The lowest BCUT2D eigenvalue weighted by Crippen LogP contribution is -2.30. The molecule has 214 valence electrons. The van der Waals surface area contributed by atoms with Crippen molar-refractivity contribution >= 4 is 23.2 Å². The average molecular weight is 591 g/mol. The number of amides is 1. The van der Waals surface area contributed by atoms with Crippen molar-refractivity contribution in [1.82, 2.24) is 14.1 Å². The summed E-state index contributed by atoms with van der Waals surface area (Å²) >= 11 is 5.78. The van der Waals surface area contributed by atoms with Crippen LogP contribution in [0.15, 0.2) is 65.8 Å². The average Bonchev–Trinajstić information content (AvgIpc) is 3.28. The Morgan fingerprint density at radius 2 is 1.78 bits per heavy atom. The van der Waals surface area contributed by atoms with E-state index in [1.54, 1.807) is 36.0 Å². The van der Waals surface area contributed by atoms with Gasteiger partial charge in [-0.15, -0.1) is 0 Å². The highest BCUT2D eigenvalue weighted by atomic mass is 35.5. The number of alkyl halides is 4. The van der Waals surface area contributed by atoms with Crippen molar-refractivity contribution in [3.63, 3.8) is 0 Å². The Hall–Kier alpha value is -3.99. The second kappa shape index (κ2) is 10.8. The monoisotopic (exact) mass is 590 g/mol. The van der Waals surface area contributed by atoms with Crippen LogP contribution in [0.1, 0.15) is 37.1 Å². The van der Waals surface area contributed by atoms with Crippen LogP contribution in [0.5, 0.6) is 0 Å². The number of nitrogens with one attached hydrogen (secondary N) is 1. The molecule has 1 aliphatic rings. The SMILES string of the molecule is C[C@H]1C(=O)Nc2ccn(C)c2-c2ccnc(c2)[C@@H](n2ccc(-c3c(C(F)(F)F)ccc(Cl)c3F)cc2=O)CCC1F. The van der Waals surface area contributed by atoms with Crippen LogP contribution in [0.3, 0.4) is 0 Å². The van der Waals surface area contributed by atoms with E-state index in [1.165, 1.54) is 30.0 Å². The zero-order valence-corrected chi connectivity index (χ0v) is 22.6. The van der Waals surface area contributed by atoms with Gasteiger partial charge in [0.2, 0.25) is 5.91 Å². The Morgan fingerprint density at radius 3 is 2.49 bits per heavy atom. The number of rotatable bonds is 2. The van der Waals surface area contributed by atoms with Crippen molar-refractivity contribution in [3.8, 4) is 22.4 Å². The number of nitrogens with zero attached hydrogens (tertiary/aromatic N) is 3. The zero-order chi connectivity index (χ0) is 29.6. The van der Waals surface area contributed by atoms with Crippen molar-refractivity contribution in [2.75, 3.05) is 5.32 Å². The summed E-state index contributed by atoms with van der Waals surface area (Å²) in [6.45, 7) is 1.47. The standard InChI is InChI=1S/C29H24ClF5N4O2/c1-15-20(31)5-6-23(22-13-17(7-10-36-22)27-21(37-28(15)41)9-11-38(27)2)39-12-8-16(14-24(39)40)25-18(29(33,34)35)3-4-19(30)26(25)32/h3-4,7-15,20,23H,5-6H2,1-2H3,(H,37,41)/t15-,20?,23+/m1/s1. The summed E-state index contributed by atoms with van der Waals surface area (Å²) in [6.07, 6.45) is -2.02. The highest BCUT2D eigenvalue weighted by Crippen LogP contribution is 2.40. The molecule has 0 saturated heterocycles. The molecule has 6 nitrogen and oxygen atoms in total. The van der Waals surface area contributed by atoms with E-state index in [-0.39, 0.29) is 18.4 Å². The summed E-state index contributed by atoms with van der Waals surface area (Å²) in [5.74, 6) is -2.80. The molecule has 1 aromatic carbocycles. The first-order chi connectivity index (χ1) is 19.4. The molecule has 0 radical (unpaired) electrons. The molecule has 3 atom stereocenters. The van der Waals surface area contributed by atoms with Gasteiger partial charge >= 0.3 is 6.18 Å². The predicted molar refractivity (Wildman–Crippen MR) is 145 cm³/mol. The predicted octanol–water partition coefficient (Wildman–Crippen LogP) is 7.02. The Kier molecular flexibility index (Phi) is 7.50.